The number of aromatic nitrogens is 3. The molecule has 7 nitrogen and oxygen atoms in total. The molecule has 0 aliphatic heterocycles. The van der Waals surface area contributed by atoms with Crippen molar-refractivity contribution in [3.05, 3.63) is 29.5 Å². The Kier molecular flexibility index (Phi) is 4.80. The molecule has 20 heavy (non-hydrogen) atoms. The number of nitrogens with zero attached hydrogens (tertiary/aromatic N) is 3. The van der Waals surface area contributed by atoms with E-state index >= 15 is 0 Å². The van der Waals surface area contributed by atoms with Crippen LogP contribution in [0.1, 0.15) is 29.1 Å². The molecule has 0 bridgehead atoms. The molecule has 2 aromatic rings. The molecule has 2 rings (SSSR count). The number of carbonyl (C=O) groups is 1. The molecule has 2 N–H and O–H groups in total. The highest BCUT2D eigenvalue weighted by molar-refractivity contribution is 7.98. The first-order valence-corrected chi connectivity index (χ1v) is 7.10. The summed E-state index contributed by atoms with van der Waals surface area (Å²) in [6.07, 6.45) is 0. The largest absolute Gasteiger partial charge is 0.463 e. The van der Waals surface area contributed by atoms with E-state index in [9.17, 15) is 4.79 Å². The topological polar surface area (TPSA) is 96.2 Å². The van der Waals surface area contributed by atoms with E-state index in [1.807, 2.05) is 11.5 Å². The number of thioether (sulfide) groups is 1. The van der Waals surface area contributed by atoms with Gasteiger partial charge >= 0.3 is 5.97 Å². The lowest BCUT2D eigenvalue weighted by molar-refractivity contribution is 0.0563. The van der Waals surface area contributed by atoms with Crippen molar-refractivity contribution in [3.63, 3.8) is 0 Å². The smallest absolute Gasteiger partial charge is 0.373 e. The molecule has 0 aliphatic rings. The van der Waals surface area contributed by atoms with Gasteiger partial charge in [-0.3, -0.25) is 0 Å². The van der Waals surface area contributed by atoms with E-state index in [0.717, 1.165) is 17.5 Å². The fourth-order valence-corrected chi connectivity index (χ4v) is 2.61. The molecule has 0 radical (unpaired) electrons. The first kappa shape index (κ1) is 14.6. The van der Waals surface area contributed by atoms with Gasteiger partial charge in [-0.25, -0.2) is 4.79 Å². The van der Waals surface area contributed by atoms with E-state index in [-0.39, 0.29) is 5.76 Å². The van der Waals surface area contributed by atoms with Gasteiger partial charge in [-0.1, -0.05) is 11.8 Å². The van der Waals surface area contributed by atoms with Crippen molar-refractivity contribution in [2.75, 3.05) is 7.11 Å². The first-order chi connectivity index (χ1) is 9.69. The van der Waals surface area contributed by atoms with Gasteiger partial charge in [-0.05, 0) is 19.1 Å². The second kappa shape index (κ2) is 6.58. The summed E-state index contributed by atoms with van der Waals surface area (Å²) in [5.74, 6) is 1.70. The fraction of sp³-hybridized carbons (Fsp3) is 0.417. The highest BCUT2D eigenvalue weighted by atomic mass is 32.2. The lowest BCUT2D eigenvalue weighted by Crippen LogP contribution is -2.08. The Labute approximate surface area is 120 Å². The van der Waals surface area contributed by atoms with Gasteiger partial charge in [0.25, 0.3) is 0 Å². The molecule has 0 fully saturated rings. The molecular formula is C12H16N4O3S. The molecule has 8 heteroatoms. The lowest BCUT2D eigenvalue weighted by Gasteiger charge is -2.04. The molecule has 0 saturated heterocycles. The van der Waals surface area contributed by atoms with E-state index in [1.54, 1.807) is 12.1 Å². The van der Waals surface area contributed by atoms with Crippen LogP contribution in [-0.4, -0.2) is 27.8 Å². The number of hydrogen-bond acceptors (Lipinski definition) is 7. The van der Waals surface area contributed by atoms with E-state index in [4.69, 9.17) is 10.2 Å². The van der Waals surface area contributed by atoms with Gasteiger partial charge in [0.1, 0.15) is 11.6 Å². The second-order valence-corrected chi connectivity index (χ2v) is 4.84. The minimum atomic E-state index is -0.483. The van der Waals surface area contributed by atoms with Crippen LogP contribution < -0.4 is 5.73 Å². The van der Waals surface area contributed by atoms with Crippen LogP contribution in [0.15, 0.2) is 21.7 Å². The first-order valence-electron chi connectivity index (χ1n) is 6.11. The van der Waals surface area contributed by atoms with Gasteiger partial charge in [0, 0.05) is 6.54 Å². The number of hydrogen-bond donors (Lipinski definition) is 1. The number of methoxy groups -OCH3 is 1. The summed E-state index contributed by atoms with van der Waals surface area (Å²) in [5.41, 5.74) is 5.60. The Morgan fingerprint density at radius 1 is 1.50 bits per heavy atom. The molecule has 2 aromatic heterocycles. The Bertz CT molecular complexity index is 593. The zero-order chi connectivity index (χ0) is 14.5. The molecule has 108 valence electrons. The minimum Gasteiger partial charge on any atom is -0.463 e. The second-order valence-electron chi connectivity index (χ2n) is 3.89. The predicted octanol–water partition coefficient (Wildman–Crippen LogP) is 1.43. The zero-order valence-corrected chi connectivity index (χ0v) is 12.1. The summed E-state index contributed by atoms with van der Waals surface area (Å²) in [5, 5.41) is 8.90. The van der Waals surface area contributed by atoms with Crippen LogP contribution >= 0.6 is 11.8 Å². The standard InChI is InChI=1S/C12H16N4O3S/c1-3-16-10(6-13)14-15-12(16)20-7-8-4-5-9(19-8)11(17)18-2/h4-5H,3,6-7,13H2,1-2H3. The Morgan fingerprint density at radius 3 is 2.95 bits per heavy atom. The van der Waals surface area contributed by atoms with Gasteiger partial charge in [-0.2, -0.15) is 0 Å². The van der Waals surface area contributed by atoms with E-state index in [0.29, 0.717) is 18.1 Å². The quantitative estimate of drug-likeness (QED) is 0.636. The molecule has 0 amide bonds. The van der Waals surface area contributed by atoms with E-state index < -0.39 is 5.97 Å². The molecule has 0 unspecified atom stereocenters. The SMILES string of the molecule is CCn1c(CN)nnc1SCc1ccc(C(=O)OC)o1. The van der Waals surface area contributed by atoms with Crippen LogP contribution in [0.5, 0.6) is 0 Å². The van der Waals surface area contributed by atoms with Gasteiger partial charge < -0.3 is 19.5 Å². The maximum atomic E-state index is 11.3. The van der Waals surface area contributed by atoms with Crippen LogP contribution in [-0.2, 0) is 23.6 Å². The molecular weight excluding hydrogens is 280 g/mol. The Balaban J connectivity index is 2.03. The summed E-state index contributed by atoms with van der Waals surface area (Å²) >= 11 is 1.48. The van der Waals surface area contributed by atoms with Crippen molar-refractivity contribution in [1.29, 1.82) is 0 Å². The van der Waals surface area contributed by atoms with Crippen molar-refractivity contribution in [3.8, 4) is 0 Å². The molecule has 2 heterocycles. The van der Waals surface area contributed by atoms with Crippen molar-refractivity contribution in [2.45, 2.75) is 30.9 Å². The summed E-state index contributed by atoms with van der Waals surface area (Å²) in [4.78, 5) is 11.3. The predicted molar refractivity (Wildman–Crippen MR) is 73.2 cm³/mol. The van der Waals surface area contributed by atoms with Crippen LogP contribution in [0.3, 0.4) is 0 Å². The summed E-state index contributed by atoms with van der Waals surface area (Å²) < 4.78 is 11.9. The normalized spacial score (nSPS) is 10.8. The van der Waals surface area contributed by atoms with Crippen molar-refractivity contribution >= 4 is 17.7 Å². The highest BCUT2D eigenvalue weighted by Crippen LogP contribution is 2.23. The number of nitrogens with two attached hydrogens (primary N) is 1. The number of rotatable bonds is 6. The van der Waals surface area contributed by atoms with Crippen molar-refractivity contribution in [1.82, 2.24) is 14.8 Å². The molecule has 0 spiro atoms. The third-order valence-corrected chi connectivity index (χ3v) is 3.67. The average Bonchev–Trinajstić information content (AvgIpc) is 3.10. The molecule has 0 aromatic carbocycles. The number of ether oxygens (including phenoxy) is 1. The van der Waals surface area contributed by atoms with Gasteiger partial charge in [0.15, 0.2) is 5.16 Å². The highest BCUT2D eigenvalue weighted by Gasteiger charge is 2.13. The lowest BCUT2D eigenvalue weighted by atomic mass is 10.4. The number of furan rings is 1. The Hall–Kier alpha value is -1.80. The summed E-state index contributed by atoms with van der Waals surface area (Å²) in [6, 6.07) is 3.34. The molecule has 0 atom stereocenters. The monoisotopic (exact) mass is 296 g/mol. The number of carbonyl (C=O) groups excluding carboxylic acids is 1. The van der Waals surface area contributed by atoms with Crippen LogP contribution in [0.25, 0.3) is 0 Å². The van der Waals surface area contributed by atoms with Gasteiger partial charge in [0.2, 0.25) is 5.76 Å². The fourth-order valence-electron chi connectivity index (χ4n) is 1.70. The van der Waals surface area contributed by atoms with Crippen LogP contribution in [0.2, 0.25) is 0 Å². The van der Waals surface area contributed by atoms with Crippen molar-refractivity contribution < 1.29 is 13.9 Å². The summed E-state index contributed by atoms with van der Waals surface area (Å²) in [7, 11) is 1.32. The minimum absolute atomic E-state index is 0.197. The zero-order valence-electron chi connectivity index (χ0n) is 11.3. The third-order valence-electron chi connectivity index (χ3n) is 2.68. The van der Waals surface area contributed by atoms with Crippen molar-refractivity contribution in [2.24, 2.45) is 5.73 Å². The Morgan fingerprint density at radius 2 is 2.30 bits per heavy atom. The number of esters is 1. The van der Waals surface area contributed by atoms with Crippen LogP contribution in [0, 0.1) is 0 Å². The van der Waals surface area contributed by atoms with E-state index in [2.05, 4.69) is 14.9 Å². The van der Waals surface area contributed by atoms with Gasteiger partial charge in [-0.15, -0.1) is 10.2 Å². The average molecular weight is 296 g/mol. The third kappa shape index (κ3) is 3.02. The maximum absolute atomic E-state index is 11.3. The van der Waals surface area contributed by atoms with Crippen LogP contribution in [0.4, 0.5) is 0 Å². The summed E-state index contributed by atoms with van der Waals surface area (Å²) in [6.45, 7) is 3.12. The van der Waals surface area contributed by atoms with Gasteiger partial charge in [0.05, 0.1) is 19.4 Å². The maximum Gasteiger partial charge on any atom is 0.373 e. The van der Waals surface area contributed by atoms with E-state index in [1.165, 1.54) is 18.9 Å². The molecule has 0 aliphatic carbocycles. The molecule has 0 saturated carbocycles.